The summed E-state index contributed by atoms with van der Waals surface area (Å²) in [5.41, 5.74) is 1.69. The van der Waals surface area contributed by atoms with Crippen molar-refractivity contribution in [2.75, 3.05) is 65.8 Å². The molecule has 5 rings (SSSR count). The van der Waals surface area contributed by atoms with E-state index in [1.54, 1.807) is 17.3 Å². The lowest BCUT2D eigenvalue weighted by Gasteiger charge is -2.37. The first-order chi connectivity index (χ1) is 17.7. The number of hydrogen-bond acceptors (Lipinski definition) is 9. The molecule has 2 fully saturated rings. The molecule has 0 aliphatic carbocycles. The minimum absolute atomic E-state index is 0.110. The highest BCUT2D eigenvalue weighted by Gasteiger charge is 2.38. The van der Waals surface area contributed by atoms with Crippen LogP contribution >= 0.6 is 0 Å². The molecule has 2 aromatic heterocycles. The normalized spacial score (nSPS) is 19.9. The molecule has 3 aliphatic rings. The Labute approximate surface area is 217 Å². The molecule has 37 heavy (non-hydrogen) atoms. The van der Waals surface area contributed by atoms with Crippen molar-refractivity contribution in [3.63, 3.8) is 0 Å². The topological polar surface area (TPSA) is 107 Å². The quantitative estimate of drug-likeness (QED) is 0.667. The number of nitrogens with zero attached hydrogens (tertiary/aromatic N) is 7. The van der Waals surface area contributed by atoms with Crippen molar-refractivity contribution < 1.29 is 14.3 Å². The van der Waals surface area contributed by atoms with Crippen molar-refractivity contribution in [2.45, 2.75) is 52.2 Å². The molecule has 1 unspecified atom stereocenters. The van der Waals surface area contributed by atoms with Gasteiger partial charge >= 0.3 is 6.09 Å². The maximum atomic E-state index is 13.8. The first-order valence-corrected chi connectivity index (χ1v) is 13.1. The van der Waals surface area contributed by atoms with Crippen LogP contribution in [-0.4, -0.2) is 89.3 Å². The number of fused-ring (bicyclic) bond motifs is 3. The summed E-state index contributed by atoms with van der Waals surface area (Å²) in [5, 5.41) is 3.16. The smallest absolute Gasteiger partial charge is 0.410 e. The standard InChI is InChI=1S/C26H36N8O3/c1-5-28-24-29-16-21-22(30-24)33-8-6-7-18(33)17-34(23(21)35)20-13-19(14-27-15-20)31-9-11-32(12-10-31)25(36)37-26(2,3)4/h13-16,18H,5-12,17H2,1-4H3,(H,28,29,30). The van der Waals surface area contributed by atoms with Gasteiger partial charge < -0.3 is 29.7 Å². The number of pyridine rings is 1. The number of carbonyl (C=O) groups is 2. The van der Waals surface area contributed by atoms with E-state index in [-0.39, 0.29) is 18.0 Å². The van der Waals surface area contributed by atoms with Crippen LogP contribution in [0.4, 0.5) is 27.9 Å². The van der Waals surface area contributed by atoms with Crippen molar-refractivity contribution in [1.29, 1.82) is 0 Å². The number of anilines is 4. The number of hydrogen-bond donors (Lipinski definition) is 1. The lowest BCUT2D eigenvalue weighted by Crippen LogP contribution is -2.50. The van der Waals surface area contributed by atoms with Crippen LogP contribution in [0.3, 0.4) is 0 Å². The van der Waals surface area contributed by atoms with Crippen LogP contribution in [0, 0.1) is 0 Å². The summed E-state index contributed by atoms with van der Waals surface area (Å²) < 4.78 is 5.52. The summed E-state index contributed by atoms with van der Waals surface area (Å²) >= 11 is 0. The number of piperazine rings is 1. The Hall–Kier alpha value is -3.63. The van der Waals surface area contributed by atoms with Gasteiger partial charge in [-0.25, -0.2) is 9.78 Å². The van der Waals surface area contributed by atoms with Crippen molar-refractivity contribution in [1.82, 2.24) is 19.9 Å². The van der Waals surface area contributed by atoms with Gasteiger partial charge in [0.2, 0.25) is 5.95 Å². The molecular weight excluding hydrogens is 472 g/mol. The summed E-state index contributed by atoms with van der Waals surface area (Å²) in [6, 6.07) is 2.21. The minimum Gasteiger partial charge on any atom is -0.444 e. The second-order valence-electron chi connectivity index (χ2n) is 10.7. The number of carbonyl (C=O) groups excluding carboxylic acids is 2. The third-order valence-electron chi connectivity index (χ3n) is 6.94. The van der Waals surface area contributed by atoms with E-state index < -0.39 is 5.60 Å². The van der Waals surface area contributed by atoms with Crippen molar-refractivity contribution >= 4 is 35.1 Å². The molecular formula is C26H36N8O3. The summed E-state index contributed by atoms with van der Waals surface area (Å²) in [6.45, 7) is 12.2. The van der Waals surface area contributed by atoms with E-state index in [9.17, 15) is 9.59 Å². The van der Waals surface area contributed by atoms with Crippen LogP contribution in [0.5, 0.6) is 0 Å². The van der Waals surface area contributed by atoms with Gasteiger partial charge in [-0.1, -0.05) is 0 Å². The van der Waals surface area contributed by atoms with Gasteiger partial charge in [-0.2, -0.15) is 4.98 Å². The third-order valence-corrected chi connectivity index (χ3v) is 6.94. The van der Waals surface area contributed by atoms with Crippen LogP contribution in [0.15, 0.2) is 24.7 Å². The zero-order valence-electron chi connectivity index (χ0n) is 22.1. The molecule has 11 nitrogen and oxygen atoms in total. The van der Waals surface area contributed by atoms with Crippen LogP contribution in [-0.2, 0) is 4.74 Å². The molecule has 0 spiro atoms. The zero-order chi connectivity index (χ0) is 26.2. The predicted octanol–water partition coefficient (Wildman–Crippen LogP) is 2.99. The predicted molar refractivity (Wildman–Crippen MR) is 142 cm³/mol. The molecule has 3 aliphatic heterocycles. The highest BCUT2D eigenvalue weighted by atomic mass is 16.6. The second-order valence-corrected chi connectivity index (χ2v) is 10.7. The highest BCUT2D eigenvalue weighted by Crippen LogP contribution is 2.34. The summed E-state index contributed by atoms with van der Waals surface area (Å²) in [4.78, 5) is 47.8. The Balaban J connectivity index is 1.35. The number of aromatic nitrogens is 3. The van der Waals surface area contributed by atoms with E-state index in [4.69, 9.17) is 9.72 Å². The second kappa shape index (κ2) is 10.0. The highest BCUT2D eigenvalue weighted by molar-refractivity contribution is 6.10. The number of nitrogens with one attached hydrogen (secondary N) is 1. The van der Waals surface area contributed by atoms with Gasteiger partial charge in [0.15, 0.2) is 0 Å². The van der Waals surface area contributed by atoms with E-state index in [2.05, 4.69) is 25.1 Å². The number of rotatable bonds is 4. The summed E-state index contributed by atoms with van der Waals surface area (Å²) in [5.74, 6) is 1.15. The summed E-state index contributed by atoms with van der Waals surface area (Å²) in [6.07, 6.45) is 6.99. The molecule has 1 atom stereocenters. The average Bonchev–Trinajstić information content (AvgIpc) is 3.30. The van der Waals surface area contributed by atoms with E-state index in [0.717, 1.165) is 30.8 Å². The lowest BCUT2D eigenvalue weighted by atomic mass is 10.2. The fraction of sp³-hybridized carbons (Fsp3) is 0.577. The Bertz CT molecular complexity index is 1160. The number of amides is 2. The first kappa shape index (κ1) is 25.0. The molecule has 2 saturated heterocycles. The van der Waals surface area contributed by atoms with Gasteiger partial charge in [0, 0.05) is 58.1 Å². The van der Waals surface area contributed by atoms with E-state index >= 15 is 0 Å². The Morgan fingerprint density at radius 2 is 1.86 bits per heavy atom. The lowest BCUT2D eigenvalue weighted by molar-refractivity contribution is 0.0240. The molecule has 0 radical (unpaired) electrons. The fourth-order valence-electron chi connectivity index (χ4n) is 5.16. The van der Waals surface area contributed by atoms with Gasteiger partial charge in [-0.15, -0.1) is 0 Å². The van der Waals surface area contributed by atoms with Crippen molar-refractivity contribution in [2.24, 2.45) is 0 Å². The van der Waals surface area contributed by atoms with Gasteiger partial charge in [-0.05, 0) is 46.6 Å². The SMILES string of the molecule is CCNc1ncc2c(n1)N1CCCC1CN(c1cncc(N3CCN(C(=O)OC(C)(C)C)CC3)c1)C2=O. The van der Waals surface area contributed by atoms with Crippen molar-refractivity contribution in [3.8, 4) is 0 Å². The largest absolute Gasteiger partial charge is 0.444 e. The molecule has 0 aromatic carbocycles. The molecule has 11 heteroatoms. The van der Waals surface area contributed by atoms with Gasteiger partial charge in [0.25, 0.3) is 5.91 Å². The molecule has 1 N–H and O–H groups in total. The monoisotopic (exact) mass is 508 g/mol. The van der Waals surface area contributed by atoms with Crippen LogP contribution in [0.25, 0.3) is 0 Å². The third kappa shape index (κ3) is 5.26. The zero-order valence-corrected chi connectivity index (χ0v) is 22.1. The minimum atomic E-state index is -0.515. The maximum absolute atomic E-state index is 13.8. The molecule has 198 valence electrons. The van der Waals surface area contributed by atoms with Crippen LogP contribution in [0.2, 0.25) is 0 Å². The van der Waals surface area contributed by atoms with Gasteiger partial charge in [0.1, 0.15) is 17.0 Å². The van der Waals surface area contributed by atoms with Crippen LogP contribution in [0.1, 0.15) is 50.9 Å². The fourth-order valence-corrected chi connectivity index (χ4v) is 5.16. The number of ether oxygens (including phenoxy) is 1. The Morgan fingerprint density at radius 3 is 2.59 bits per heavy atom. The Morgan fingerprint density at radius 1 is 1.11 bits per heavy atom. The molecule has 2 amide bonds. The van der Waals surface area contributed by atoms with Gasteiger partial charge in [0.05, 0.1) is 23.8 Å². The molecule has 5 heterocycles. The van der Waals surface area contributed by atoms with E-state index in [1.807, 2.05) is 44.9 Å². The maximum Gasteiger partial charge on any atom is 0.410 e. The van der Waals surface area contributed by atoms with E-state index in [1.165, 1.54) is 0 Å². The van der Waals surface area contributed by atoms with Gasteiger partial charge in [-0.3, -0.25) is 9.78 Å². The first-order valence-electron chi connectivity index (χ1n) is 13.1. The van der Waals surface area contributed by atoms with E-state index in [0.29, 0.717) is 56.6 Å². The average molecular weight is 509 g/mol. The molecule has 0 saturated carbocycles. The molecule has 2 aromatic rings. The van der Waals surface area contributed by atoms with Crippen LogP contribution < -0.4 is 20.0 Å². The Kier molecular flexibility index (Phi) is 6.78. The van der Waals surface area contributed by atoms with Crippen molar-refractivity contribution in [3.05, 3.63) is 30.2 Å². The molecule has 0 bridgehead atoms. The summed E-state index contributed by atoms with van der Waals surface area (Å²) in [7, 11) is 0.